The van der Waals surface area contributed by atoms with E-state index in [0.29, 0.717) is 18.7 Å². The highest BCUT2D eigenvalue weighted by molar-refractivity contribution is 5.86. The van der Waals surface area contributed by atoms with Crippen LogP contribution >= 0.6 is 0 Å². The van der Waals surface area contributed by atoms with Crippen molar-refractivity contribution in [3.8, 4) is 6.07 Å². The van der Waals surface area contributed by atoms with Crippen LogP contribution < -0.4 is 0 Å². The van der Waals surface area contributed by atoms with Gasteiger partial charge in [0.05, 0.1) is 17.7 Å². The lowest BCUT2D eigenvalue weighted by Gasteiger charge is -2.35. The number of nitrogens with zero attached hydrogens (tertiary/aromatic N) is 3. The van der Waals surface area contributed by atoms with Gasteiger partial charge in [0.15, 0.2) is 0 Å². The Morgan fingerprint density at radius 1 is 1.78 bits per heavy atom. The molecule has 2 heterocycles. The van der Waals surface area contributed by atoms with E-state index in [1.165, 1.54) is 0 Å². The number of carboxylic acid groups (broad SMARTS) is 1. The van der Waals surface area contributed by atoms with Crippen molar-refractivity contribution in [2.45, 2.75) is 26.3 Å². The maximum absolute atomic E-state index is 11.0. The van der Waals surface area contributed by atoms with Gasteiger partial charge in [-0.15, -0.1) is 0 Å². The molecule has 1 aliphatic rings. The summed E-state index contributed by atoms with van der Waals surface area (Å²) in [6, 6.07) is 2.35. The summed E-state index contributed by atoms with van der Waals surface area (Å²) in [6.07, 6.45) is 3.41. The second-order valence-electron chi connectivity index (χ2n) is 5.06. The van der Waals surface area contributed by atoms with Crippen molar-refractivity contribution in [3.63, 3.8) is 0 Å². The molecule has 1 aromatic rings. The molecule has 0 saturated carbocycles. The highest BCUT2D eigenvalue weighted by atomic mass is 16.4. The van der Waals surface area contributed by atoms with E-state index in [0.717, 1.165) is 19.4 Å². The number of aromatic amines is 1. The second kappa shape index (κ2) is 4.78. The first-order valence-corrected chi connectivity index (χ1v) is 5.93. The highest BCUT2D eigenvalue weighted by Crippen LogP contribution is 2.29. The number of hydrogen-bond acceptors (Lipinski definition) is 4. The van der Waals surface area contributed by atoms with Crippen molar-refractivity contribution in [1.82, 2.24) is 15.1 Å². The average Bonchev–Trinajstić information content (AvgIpc) is 2.77. The van der Waals surface area contributed by atoms with Crippen LogP contribution in [0.15, 0.2) is 6.20 Å². The van der Waals surface area contributed by atoms with Crippen LogP contribution in [0.25, 0.3) is 0 Å². The molecule has 96 valence electrons. The van der Waals surface area contributed by atoms with E-state index in [1.807, 2.05) is 6.92 Å². The predicted octanol–water partition coefficient (Wildman–Crippen LogP) is 1.23. The molecule has 0 bridgehead atoms. The first-order valence-electron chi connectivity index (χ1n) is 5.93. The van der Waals surface area contributed by atoms with Crippen LogP contribution in [0.5, 0.6) is 0 Å². The summed E-state index contributed by atoms with van der Waals surface area (Å²) >= 11 is 0. The van der Waals surface area contributed by atoms with Crippen LogP contribution in [0, 0.1) is 16.7 Å². The minimum atomic E-state index is -0.998. The van der Waals surface area contributed by atoms with Crippen molar-refractivity contribution < 1.29 is 9.90 Å². The minimum absolute atomic E-state index is 0.138. The maximum Gasteiger partial charge on any atom is 0.354 e. The fraction of sp³-hybridized carbons (Fsp3) is 0.583. The summed E-state index contributed by atoms with van der Waals surface area (Å²) in [7, 11) is 0. The molecule has 1 aliphatic heterocycles. The number of hydrogen-bond donors (Lipinski definition) is 2. The quantitative estimate of drug-likeness (QED) is 0.839. The molecular formula is C12H16N4O2. The van der Waals surface area contributed by atoms with Gasteiger partial charge in [0.2, 0.25) is 0 Å². The molecule has 6 nitrogen and oxygen atoms in total. The van der Waals surface area contributed by atoms with Crippen LogP contribution in [0.1, 0.15) is 35.8 Å². The Morgan fingerprint density at radius 3 is 3.22 bits per heavy atom. The van der Waals surface area contributed by atoms with Gasteiger partial charge in [-0.05, 0) is 26.3 Å². The second-order valence-corrected chi connectivity index (χ2v) is 5.06. The number of aromatic carboxylic acids is 1. The fourth-order valence-corrected chi connectivity index (χ4v) is 2.43. The summed E-state index contributed by atoms with van der Waals surface area (Å²) in [5.74, 6) is -0.998. The molecule has 0 unspecified atom stereocenters. The molecule has 1 saturated heterocycles. The summed E-state index contributed by atoms with van der Waals surface area (Å²) in [6.45, 7) is 4.04. The van der Waals surface area contributed by atoms with Gasteiger partial charge < -0.3 is 5.11 Å². The van der Waals surface area contributed by atoms with Gasteiger partial charge in [-0.2, -0.15) is 10.4 Å². The van der Waals surface area contributed by atoms with Crippen molar-refractivity contribution in [2.75, 3.05) is 13.1 Å². The predicted molar refractivity (Wildman–Crippen MR) is 63.8 cm³/mol. The van der Waals surface area contributed by atoms with E-state index in [2.05, 4.69) is 21.2 Å². The number of aromatic nitrogens is 2. The Hall–Kier alpha value is -1.87. The lowest BCUT2D eigenvalue weighted by molar-refractivity contribution is 0.0686. The molecule has 1 fully saturated rings. The van der Waals surface area contributed by atoms with Crippen LogP contribution in [0.4, 0.5) is 0 Å². The zero-order chi connectivity index (χ0) is 13.2. The number of nitriles is 1. The van der Waals surface area contributed by atoms with E-state index < -0.39 is 5.97 Å². The number of carboxylic acids is 1. The summed E-state index contributed by atoms with van der Waals surface area (Å²) < 4.78 is 0. The largest absolute Gasteiger partial charge is 0.477 e. The third-order valence-corrected chi connectivity index (χ3v) is 3.37. The van der Waals surface area contributed by atoms with Gasteiger partial charge >= 0.3 is 5.97 Å². The Bertz CT molecular complexity index is 491. The van der Waals surface area contributed by atoms with Crippen molar-refractivity contribution in [2.24, 2.45) is 5.41 Å². The van der Waals surface area contributed by atoms with Gasteiger partial charge in [0.1, 0.15) is 5.69 Å². The van der Waals surface area contributed by atoms with Crippen molar-refractivity contribution >= 4 is 5.97 Å². The van der Waals surface area contributed by atoms with Crippen molar-refractivity contribution in [1.29, 1.82) is 5.26 Å². The van der Waals surface area contributed by atoms with E-state index in [1.54, 1.807) is 6.20 Å². The summed E-state index contributed by atoms with van der Waals surface area (Å²) in [4.78, 5) is 13.1. The van der Waals surface area contributed by atoms with Gasteiger partial charge in [-0.1, -0.05) is 0 Å². The minimum Gasteiger partial charge on any atom is -0.477 e. The van der Waals surface area contributed by atoms with Gasteiger partial charge in [0, 0.05) is 18.7 Å². The first kappa shape index (κ1) is 12.6. The molecule has 6 heteroatoms. The Balaban J connectivity index is 2.08. The number of piperidine rings is 1. The number of carbonyl (C=O) groups is 1. The molecule has 18 heavy (non-hydrogen) atoms. The molecule has 0 spiro atoms. The number of rotatable bonds is 3. The van der Waals surface area contributed by atoms with Crippen LogP contribution in [-0.4, -0.2) is 39.3 Å². The molecule has 1 aromatic heterocycles. The Morgan fingerprint density at radius 2 is 2.56 bits per heavy atom. The molecule has 0 aliphatic carbocycles. The third-order valence-electron chi connectivity index (χ3n) is 3.37. The first-order chi connectivity index (χ1) is 8.54. The van der Waals surface area contributed by atoms with Crippen LogP contribution in [0.3, 0.4) is 0 Å². The normalized spacial score (nSPS) is 24.7. The summed E-state index contributed by atoms with van der Waals surface area (Å²) in [5, 5.41) is 24.4. The van der Waals surface area contributed by atoms with E-state index in [-0.39, 0.29) is 11.1 Å². The van der Waals surface area contributed by atoms with Gasteiger partial charge in [-0.3, -0.25) is 10.00 Å². The standard InChI is InChI=1S/C12H16N4O2/c1-12(7-13)3-2-4-16(8-12)6-9-5-14-15-10(9)11(17)18/h5H,2-4,6,8H2,1H3,(H,14,15)(H,17,18)/t12-/m1/s1. The van der Waals surface area contributed by atoms with Crippen LogP contribution in [0.2, 0.25) is 0 Å². The van der Waals surface area contributed by atoms with Gasteiger partial charge in [-0.25, -0.2) is 4.79 Å². The average molecular weight is 248 g/mol. The maximum atomic E-state index is 11.0. The van der Waals surface area contributed by atoms with Gasteiger partial charge in [0.25, 0.3) is 0 Å². The lowest BCUT2D eigenvalue weighted by Crippen LogP contribution is -2.40. The zero-order valence-electron chi connectivity index (χ0n) is 10.3. The zero-order valence-corrected chi connectivity index (χ0v) is 10.3. The monoisotopic (exact) mass is 248 g/mol. The molecular weight excluding hydrogens is 232 g/mol. The topological polar surface area (TPSA) is 93.0 Å². The lowest BCUT2D eigenvalue weighted by atomic mass is 9.83. The Kier molecular flexibility index (Phi) is 3.34. The number of H-pyrrole nitrogens is 1. The van der Waals surface area contributed by atoms with E-state index in [4.69, 9.17) is 10.4 Å². The molecule has 0 aromatic carbocycles. The summed E-state index contributed by atoms with van der Waals surface area (Å²) in [5.41, 5.74) is 0.481. The molecule has 2 N–H and O–H groups in total. The number of nitrogens with one attached hydrogen (secondary N) is 1. The Labute approximate surface area is 105 Å². The highest BCUT2D eigenvalue weighted by Gasteiger charge is 2.31. The molecule has 2 rings (SSSR count). The fourth-order valence-electron chi connectivity index (χ4n) is 2.43. The van der Waals surface area contributed by atoms with Crippen molar-refractivity contribution in [3.05, 3.63) is 17.5 Å². The smallest absolute Gasteiger partial charge is 0.354 e. The molecule has 0 radical (unpaired) electrons. The van der Waals surface area contributed by atoms with Crippen LogP contribution in [-0.2, 0) is 6.54 Å². The number of likely N-dealkylation sites (tertiary alicyclic amines) is 1. The van der Waals surface area contributed by atoms with E-state index >= 15 is 0 Å². The third kappa shape index (κ3) is 2.51. The molecule has 0 amide bonds. The van der Waals surface area contributed by atoms with E-state index in [9.17, 15) is 4.79 Å². The molecule has 1 atom stereocenters. The SMILES string of the molecule is C[C@]1(C#N)CCCN(Cc2cn[nH]c2C(=O)O)C1.